The van der Waals surface area contributed by atoms with Gasteiger partial charge in [-0.3, -0.25) is 0 Å². The van der Waals surface area contributed by atoms with Crippen molar-refractivity contribution >= 4 is 11.7 Å². The maximum absolute atomic E-state index is 11.4. The van der Waals surface area contributed by atoms with Gasteiger partial charge in [-0.25, -0.2) is 4.79 Å². The van der Waals surface area contributed by atoms with Gasteiger partial charge >= 0.3 is 5.97 Å². The Morgan fingerprint density at radius 3 is 2.60 bits per heavy atom. The lowest BCUT2D eigenvalue weighted by Crippen LogP contribution is -2.06. The fourth-order valence-corrected chi connectivity index (χ4v) is 1.95. The zero-order valence-corrected chi connectivity index (χ0v) is 12.2. The summed E-state index contributed by atoms with van der Waals surface area (Å²) in [6.45, 7) is 6.14. The van der Waals surface area contributed by atoms with E-state index in [0.29, 0.717) is 5.76 Å². The molecule has 1 heterocycles. The number of furan rings is 1. The number of aryl methyl sites for hydroxylation is 2. The number of nitrogens with one attached hydrogen (secondary N) is 1. The highest BCUT2D eigenvalue weighted by Crippen LogP contribution is 2.23. The molecule has 0 saturated heterocycles. The maximum atomic E-state index is 11.4. The van der Waals surface area contributed by atoms with Crippen LogP contribution in [0.15, 0.2) is 34.7 Å². The van der Waals surface area contributed by atoms with E-state index in [2.05, 4.69) is 36.0 Å². The Balaban J connectivity index is 2.11. The lowest BCUT2D eigenvalue weighted by Gasteiger charge is -2.14. The summed E-state index contributed by atoms with van der Waals surface area (Å²) in [4.78, 5) is 11.4. The molecule has 0 bridgehead atoms. The quantitative estimate of drug-likeness (QED) is 0.859. The molecule has 1 aromatic heterocycles. The van der Waals surface area contributed by atoms with E-state index >= 15 is 0 Å². The van der Waals surface area contributed by atoms with Gasteiger partial charge in [0, 0.05) is 5.69 Å². The van der Waals surface area contributed by atoms with E-state index in [9.17, 15) is 4.79 Å². The highest BCUT2D eigenvalue weighted by Gasteiger charge is 2.15. The summed E-state index contributed by atoms with van der Waals surface area (Å²) >= 11 is 0. The molecule has 2 rings (SSSR count). The van der Waals surface area contributed by atoms with Crippen molar-refractivity contribution in [3.05, 3.63) is 53.0 Å². The molecule has 1 N–H and O–H groups in total. The smallest absolute Gasteiger partial charge is 0.373 e. The van der Waals surface area contributed by atoms with E-state index in [4.69, 9.17) is 4.42 Å². The Bertz CT molecular complexity index is 616. The average Bonchev–Trinajstić information content (AvgIpc) is 2.92. The van der Waals surface area contributed by atoms with Gasteiger partial charge in [-0.05, 0) is 56.2 Å². The third-order valence-corrected chi connectivity index (χ3v) is 3.33. The highest BCUT2D eigenvalue weighted by molar-refractivity contribution is 5.86. The van der Waals surface area contributed by atoms with Crippen LogP contribution in [0.4, 0.5) is 5.69 Å². The van der Waals surface area contributed by atoms with Gasteiger partial charge in [0.2, 0.25) is 5.76 Å². The fraction of sp³-hybridized carbons (Fsp3) is 0.312. The fourth-order valence-electron chi connectivity index (χ4n) is 1.95. The van der Waals surface area contributed by atoms with Crippen LogP contribution >= 0.6 is 0 Å². The second kappa shape index (κ2) is 5.82. The van der Waals surface area contributed by atoms with Crippen molar-refractivity contribution in [2.24, 2.45) is 0 Å². The summed E-state index contributed by atoms with van der Waals surface area (Å²) in [5.74, 6) is 0.453. The van der Waals surface area contributed by atoms with Crippen LogP contribution in [0.3, 0.4) is 0 Å². The summed E-state index contributed by atoms with van der Waals surface area (Å²) in [5.41, 5.74) is 3.52. The lowest BCUT2D eigenvalue weighted by atomic mass is 10.1. The Labute approximate surface area is 118 Å². The molecule has 0 aliphatic carbocycles. The molecule has 1 atom stereocenters. The monoisotopic (exact) mass is 273 g/mol. The molecule has 20 heavy (non-hydrogen) atoms. The summed E-state index contributed by atoms with van der Waals surface area (Å²) in [6, 6.07) is 9.58. The number of carbonyl (C=O) groups excluding carboxylic acids is 1. The van der Waals surface area contributed by atoms with Crippen molar-refractivity contribution in [1.82, 2.24) is 0 Å². The maximum Gasteiger partial charge on any atom is 0.373 e. The van der Waals surface area contributed by atoms with Crippen LogP contribution in [0, 0.1) is 13.8 Å². The third-order valence-electron chi connectivity index (χ3n) is 3.33. The van der Waals surface area contributed by atoms with Gasteiger partial charge < -0.3 is 14.5 Å². The number of carbonyl (C=O) groups is 1. The molecular weight excluding hydrogens is 254 g/mol. The van der Waals surface area contributed by atoms with Crippen LogP contribution in [0.2, 0.25) is 0 Å². The Hall–Kier alpha value is -2.23. The van der Waals surface area contributed by atoms with Gasteiger partial charge in [0.15, 0.2) is 0 Å². The van der Waals surface area contributed by atoms with E-state index in [-0.39, 0.29) is 11.8 Å². The molecule has 4 heteroatoms. The number of hydrogen-bond donors (Lipinski definition) is 1. The number of esters is 1. The summed E-state index contributed by atoms with van der Waals surface area (Å²) < 4.78 is 10.1. The normalized spacial score (nSPS) is 12.0. The zero-order chi connectivity index (χ0) is 14.7. The van der Waals surface area contributed by atoms with Crippen LogP contribution in [0.5, 0.6) is 0 Å². The topological polar surface area (TPSA) is 51.5 Å². The van der Waals surface area contributed by atoms with Gasteiger partial charge in [0.05, 0.1) is 13.2 Å². The molecule has 0 fully saturated rings. The van der Waals surface area contributed by atoms with Crippen LogP contribution in [0.25, 0.3) is 0 Å². The minimum Gasteiger partial charge on any atom is -0.463 e. The van der Waals surface area contributed by atoms with Crippen LogP contribution < -0.4 is 5.32 Å². The van der Waals surface area contributed by atoms with Crippen molar-refractivity contribution in [2.45, 2.75) is 26.8 Å². The number of ether oxygens (including phenoxy) is 1. The zero-order valence-electron chi connectivity index (χ0n) is 12.2. The van der Waals surface area contributed by atoms with E-state index < -0.39 is 5.97 Å². The van der Waals surface area contributed by atoms with Gasteiger partial charge in [-0.1, -0.05) is 6.07 Å². The summed E-state index contributed by atoms with van der Waals surface area (Å²) in [7, 11) is 1.33. The second-order valence-electron chi connectivity index (χ2n) is 4.86. The van der Waals surface area contributed by atoms with Crippen molar-refractivity contribution in [3.8, 4) is 0 Å². The average molecular weight is 273 g/mol. The molecule has 1 unspecified atom stereocenters. The minimum absolute atomic E-state index is 0.0319. The van der Waals surface area contributed by atoms with E-state index in [0.717, 1.165) is 5.69 Å². The molecule has 0 spiro atoms. The Morgan fingerprint density at radius 1 is 1.20 bits per heavy atom. The first-order valence-electron chi connectivity index (χ1n) is 6.53. The van der Waals surface area contributed by atoms with Crippen molar-refractivity contribution in [2.75, 3.05) is 12.4 Å². The van der Waals surface area contributed by atoms with Gasteiger partial charge in [0.25, 0.3) is 0 Å². The van der Waals surface area contributed by atoms with E-state index in [1.54, 1.807) is 12.1 Å². The van der Waals surface area contributed by atoms with Crippen LogP contribution in [0.1, 0.15) is 40.4 Å². The SMILES string of the molecule is COC(=O)c1ccc(C(C)Nc2ccc(C)c(C)c2)o1. The Kier molecular flexibility index (Phi) is 4.13. The van der Waals surface area contributed by atoms with Gasteiger partial charge in [-0.15, -0.1) is 0 Å². The number of anilines is 1. The largest absolute Gasteiger partial charge is 0.463 e. The first-order chi connectivity index (χ1) is 9.51. The van der Waals surface area contributed by atoms with Crippen LogP contribution in [-0.2, 0) is 4.74 Å². The van der Waals surface area contributed by atoms with Gasteiger partial charge in [0.1, 0.15) is 5.76 Å². The standard InChI is InChI=1S/C16H19NO3/c1-10-5-6-13(9-11(10)2)17-12(3)14-7-8-15(20-14)16(18)19-4/h5-9,12,17H,1-4H3. The van der Waals surface area contributed by atoms with Crippen molar-refractivity contribution in [1.29, 1.82) is 0 Å². The first kappa shape index (κ1) is 14.2. The third kappa shape index (κ3) is 3.02. The number of rotatable bonds is 4. The Morgan fingerprint density at radius 2 is 1.95 bits per heavy atom. The summed E-state index contributed by atoms with van der Waals surface area (Å²) in [6.07, 6.45) is 0. The molecule has 4 nitrogen and oxygen atoms in total. The van der Waals surface area contributed by atoms with Crippen LogP contribution in [-0.4, -0.2) is 13.1 Å². The molecule has 0 radical (unpaired) electrons. The summed E-state index contributed by atoms with van der Waals surface area (Å²) in [5, 5.41) is 3.35. The molecule has 1 aromatic carbocycles. The predicted molar refractivity (Wildman–Crippen MR) is 78.0 cm³/mol. The molecule has 0 aliphatic rings. The molecule has 0 saturated carbocycles. The van der Waals surface area contributed by atoms with Crippen molar-refractivity contribution in [3.63, 3.8) is 0 Å². The van der Waals surface area contributed by atoms with E-state index in [1.165, 1.54) is 18.2 Å². The molecule has 0 aliphatic heterocycles. The highest BCUT2D eigenvalue weighted by atomic mass is 16.5. The second-order valence-corrected chi connectivity index (χ2v) is 4.86. The molecule has 106 valence electrons. The lowest BCUT2D eigenvalue weighted by molar-refractivity contribution is 0.0562. The number of methoxy groups -OCH3 is 1. The van der Waals surface area contributed by atoms with Gasteiger partial charge in [-0.2, -0.15) is 0 Å². The molecule has 2 aromatic rings. The first-order valence-corrected chi connectivity index (χ1v) is 6.53. The number of benzene rings is 1. The predicted octanol–water partition coefficient (Wildman–Crippen LogP) is 3.86. The van der Waals surface area contributed by atoms with E-state index in [1.807, 2.05) is 13.0 Å². The van der Waals surface area contributed by atoms with Crippen molar-refractivity contribution < 1.29 is 13.9 Å². The minimum atomic E-state index is -0.463. The number of hydrogen-bond acceptors (Lipinski definition) is 4. The molecular formula is C16H19NO3. The molecule has 0 amide bonds.